The number of rotatable bonds is 4. The molecule has 2 heteroatoms. The van der Waals surface area contributed by atoms with Gasteiger partial charge in [-0.3, -0.25) is 0 Å². The molecule has 0 saturated heterocycles. The molecule has 0 saturated carbocycles. The van der Waals surface area contributed by atoms with E-state index in [9.17, 15) is 0 Å². The standard InChI is InChI=1S/C18H20N2/c1-4-6-8-12-16(11-7-5-2)18-15(3)17-13-9-10-14-20(17)19-18/h4-14H,1-3H3/b6-4-,7-5+,12-8-,16-11+. The summed E-state index contributed by atoms with van der Waals surface area (Å²) >= 11 is 0. The monoisotopic (exact) mass is 264 g/mol. The molecule has 0 radical (unpaired) electrons. The second kappa shape index (κ2) is 6.71. The third kappa shape index (κ3) is 2.97. The van der Waals surface area contributed by atoms with E-state index in [1.54, 1.807) is 0 Å². The number of fused-ring (bicyclic) bond motifs is 1. The molecule has 0 aromatic carbocycles. The van der Waals surface area contributed by atoms with Gasteiger partial charge >= 0.3 is 0 Å². The molecule has 0 fully saturated rings. The van der Waals surface area contributed by atoms with E-state index in [1.807, 2.05) is 67.1 Å². The predicted octanol–water partition coefficient (Wildman–Crippen LogP) is 4.73. The summed E-state index contributed by atoms with van der Waals surface area (Å²) in [5, 5.41) is 4.68. The van der Waals surface area contributed by atoms with E-state index >= 15 is 0 Å². The lowest BCUT2D eigenvalue weighted by molar-refractivity contribution is 0.951. The molecular weight excluding hydrogens is 244 g/mol. The summed E-state index contributed by atoms with van der Waals surface area (Å²) in [5.41, 5.74) is 4.48. The zero-order valence-electron chi connectivity index (χ0n) is 12.2. The van der Waals surface area contributed by atoms with Crippen LogP contribution in [0.2, 0.25) is 0 Å². The summed E-state index contributed by atoms with van der Waals surface area (Å²) in [6.07, 6.45) is 16.3. The molecule has 20 heavy (non-hydrogen) atoms. The summed E-state index contributed by atoms with van der Waals surface area (Å²) in [6.45, 7) is 6.14. The molecule has 2 nitrogen and oxygen atoms in total. The van der Waals surface area contributed by atoms with Crippen LogP contribution in [0.5, 0.6) is 0 Å². The molecule has 0 aliphatic heterocycles. The molecule has 2 aromatic heterocycles. The zero-order chi connectivity index (χ0) is 14.4. The SMILES string of the molecule is C\C=C/C=C\C(=C/C=C/C)c1nn2ccccc2c1C. The Kier molecular flexibility index (Phi) is 4.72. The lowest BCUT2D eigenvalue weighted by Gasteiger charge is -1.98. The third-order valence-corrected chi connectivity index (χ3v) is 3.11. The molecular formula is C18H20N2. The molecule has 2 heterocycles. The molecule has 0 aliphatic carbocycles. The predicted molar refractivity (Wildman–Crippen MR) is 86.7 cm³/mol. The Bertz CT molecular complexity index is 697. The lowest BCUT2D eigenvalue weighted by Crippen LogP contribution is -1.87. The smallest absolute Gasteiger partial charge is 0.0962 e. The fraction of sp³-hybridized carbons (Fsp3) is 0.167. The highest BCUT2D eigenvalue weighted by Gasteiger charge is 2.10. The van der Waals surface area contributed by atoms with Crippen LogP contribution in [0, 0.1) is 6.92 Å². The van der Waals surface area contributed by atoms with Crippen LogP contribution in [0.3, 0.4) is 0 Å². The molecule has 0 N–H and O–H groups in total. The van der Waals surface area contributed by atoms with Crippen LogP contribution in [0.1, 0.15) is 25.1 Å². The number of allylic oxidation sites excluding steroid dienone is 8. The minimum atomic E-state index is 1.02. The van der Waals surface area contributed by atoms with E-state index in [2.05, 4.69) is 30.2 Å². The second-order valence-corrected chi connectivity index (χ2v) is 4.54. The summed E-state index contributed by atoms with van der Waals surface area (Å²) in [4.78, 5) is 0. The fourth-order valence-electron chi connectivity index (χ4n) is 2.08. The van der Waals surface area contributed by atoms with Crippen molar-refractivity contribution < 1.29 is 0 Å². The first-order valence-corrected chi connectivity index (χ1v) is 6.84. The van der Waals surface area contributed by atoms with Crippen LogP contribution in [-0.4, -0.2) is 9.61 Å². The van der Waals surface area contributed by atoms with Gasteiger partial charge in [0.05, 0.1) is 11.2 Å². The minimum absolute atomic E-state index is 1.02. The van der Waals surface area contributed by atoms with E-state index < -0.39 is 0 Å². The fourth-order valence-corrected chi connectivity index (χ4v) is 2.08. The van der Waals surface area contributed by atoms with Crippen LogP contribution in [0.4, 0.5) is 0 Å². The van der Waals surface area contributed by atoms with Crippen molar-refractivity contribution in [2.75, 3.05) is 0 Å². The van der Waals surface area contributed by atoms with E-state index in [4.69, 9.17) is 0 Å². The van der Waals surface area contributed by atoms with Crippen molar-refractivity contribution in [2.24, 2.45) is 0 Å². The van der Waals surface area contributed by atoms with Gasteiger partial charge in [-0.2, -0.15) is 5.10 Å². The molecule has 0 unspecified atom stereocenters. The van der Waals surface area contributed by atoms with Crippen LogP contribution in [0.15, 0.2) is 66.9 Å². The van der Waals surface area contributed by atoms with Gasteiger partial charge in [0.15, 0.2) is 0 Å². The van der Waals surface area contributed by atoms with Crippen molar-refractivity contribution in [1.82, 2.24) is 9.61 Å². The van der Waals surface area contributed by atoms with Crippen molar-refractivity contribution in [3.63, 3.8) is 0 Å². The maximum Gasteiger partial charge on any atom is 0.0962 e. The molecule has 0 aliphatic rings. The van der Waals surface area contributed by atoms with Crippen molar-refractivity contribution >= 4 is 11.1 Å². The Balaban J connectivity index is 2.53. The van der Waals surface area contributed by atoms with Gasteiger partial charge in [-0.15, -0.1) is 0 Å². The first kappa shape index (κ1) is 14.1. The van der Waals surface area contributed by atoms with Gasteiger partial charge in [0, 0.05) is 17.3 Å². The summed E-state index contributed by atoms with van der Waals surface area (Å²) in [6, 6.07) is 6.13. The van der Waals surface area contributed by atoms with Gasteiger partial charge in [0.2, 0.25) is 0 Å². The van der Waals surface area contributed by atoms with Gasteiger partial charge in [-0.05, 0) is 32.9 Å². The summed E-state index contributed by atoms with van der Waals surface area (Å²) in [5.74, 6) is 0. The van der Waals surface area contributed by atoms with Crippen molar-refractivity contribution in [3.05, 3.63) is 78.2 Å². The van der Waals surface area contributed by atoms with Gasteiger partial charge in [0.25, 0.3) is 0 Å². The maximum atomic E-state index is 4.68. The van der Waals surface area contributed by atoms with E-state index in [0.717, 1.165) is 16.8 Å². The van der Waals surface area contributed by atoms with Crippen LogP contribution in [-0.2, 0) is 0 Å². The van der Waals surface area contributed by atoms with Gasteiger partial charge in [0.1, 0.15) is 0 Å². The Morgan fingerprint density at radius 2 is 1.90 bits per heavy atom. The van der Waals surface area contributed by atoms with Crippen molar-refractivity contribution in [2.45, 2.75) is 20.8 Å². The van der Waals surface area contributed by atoms with Crippen LogP contribution in [0.25, 0.3) is 11.1 Å². The number of hydrogen-bond acceptors (Lipinski definition) is 1. The van der Waals surface area contributed by atoms with Crippen molar-refractivity contribution in [1.29, 1.82) is 0 Å². The first-order chi connectivity index (χ1) is 9.77. The van der Waals surface area contributed by atoms with Crippen LogP contribution < -0.4 is 0 Å². The highest BCUT2D eigenvalue weighted by molar-refractivity contribution is 5.79. The number of pyridine rings is 1. The van der Waals surface area contributed by atoms with Gasteiger partial charge < -0.3 is 0 Å². The zero-order valence-corrected chi connectivity index (χ0v) is 12.2. The summed E-state index contributed by atoms with van der Waals surface area (Å²) < 4.78 is 1.93. The van der Waals surface area contributed by atoms with E-state index in [1.165, 1.54) is 5.56 Å². The Hall–Kier alpha value is -2.35. The quantitative estimate of drug-likeness (QED) is 0.729. The molecule has 0 bridgehead atoms. The van der Waals surface area contributed by atoms with Crippen molar-refractivity contribution in [3.8, 4) is 0 Å². The molecule has 0 amide bonds. The Morgan fingerprint density at radius 3 is 2.60 bits per heavy atom. The number of nitrogens with zero attached hydrogens (tertiary/aromatic N) is 2. The third-order valence-electron chi connectivity index (χ3n) is 3.11. The molecule has 0 spiro atoms. The molecule has 2 aromatic rings. The molecule has 0 atom stereocenters. The normalized spacial score (nSPS) is 13.4. The molecule has 2 rings (SSSR count). The maximum absolute atomic E-state index is 4.68. The first-order valence-electron chi connectivity index (χ1n) is 6.84. The van der Waals surface area contributed by atoms with Gasteiger partial charge in [-0.1, -0.05) is 48.6 Å². The Morgan fingerprint density at radius 1 is 1.10 bits per heavy atom. The average Bonchev–Trinajstić information content (AvgIpc) is 2.80. The number of hydrogen-bond donors (Lipinski definition) is 0. The number of aryl methyl sites for hydroxylation is 1. The topological polar surface area (TPSA) is 17.3 Å². The lowest BCUT2D eigenvalue weighted by atomic mass is 10.1. The Labute approximate surface area is 120 Å². The van der Waals surface area contributed by atoms with E-state index in [-0.39, 0.29) is 0 Å². The second-order valence-electron chi connectivity index (χ2n) is 4.54. The average molecular weight is 264 g/mol. The van der Waals surface area contributed by atoms with Crippen LogP contribution >= 0.6 is 0 Å². The number of aromatic nitrogens is 2. The highest BCUT2D eigenvalue weighted by atomic mass is 15.2. The highest BCUT2D eigenvalue weighted by Crippen LogP contribution is 2.22. The summed E-state index contributed by atoms with van der Waals surface area (Å²) in [7, 11) is 0. The minimum Gasteiger partial charge on any atom is -0.240 e. The van der Waals surface area contributed by atoms with E-state index in [0.29, 0.717) is 0 Å². The van der Waals surface area contributed by atoms with Gasteiger partial charge in [-0.25, -0.2) is 4.52 Å². The molecule has 102 valence electrons. The largest absolute Gasteiger partial charge is 0.240 e.